The maximum atomic E-state index is 12.2. The lowest BCUT2D eigenvalue weighted by Crippen LogP contribution is -2.44. The number of nitrogens with one attached hydrogen (secondary N) is 2. The van der Waals surface area contributed by atoms with Gasteiger partial charge in [0.15, 0.2) is 0 Å². The fourth-order valence-corrected chi connectivity index (χ4v) is 2.76. The van der Waals surface area contributed by atoms with Crippen molar-refractivity contribution >= 4 is 11.8 Å². The van der Waals surface area contributed by atoms with Crippen molar-refractivity contribution in [2.24, 2.45) is 5.73 Å². The molecule has 2 rings (SSSR count). The first kappa shape index (κ1) is 16.4. The van der Waals surface area contributed by atoms with Crippen LogP contribution in [0.3, 0.4) is 0 Å². The maximum Gasteiger partial charge on any atom is 0.253 e. The van der Waals surface area contributed by atoms with Gasteiger partial charge in [0.1, 0.15) is 0 Å². The Morgan fingerprint density at radius 3 is 2.41 bits per heavy atom. The highest BCUT2D eigenvalue weighted by molar-refractivity contribution is 5.94. The molecule has 0 radical (unpaired) electrons. The molecule has 22 heavy (non-hydrogen) atoms. The lowest BCUT2D eigenvalue weighted by molar-refractivity contribution is -0.121. The van der Waals surface area contributed by atoms with E-state index in [1.807, 2.05) is 13.0 Å². The Morgan fingerprint density at radius 1 is 1.18 bits per heavy atom. The number of aromatic nitrogens is 1. The summed E-state index contributed by atoms with van der Waals surface area (Å²) in [5.74, 6) is -0.0624. The quantitative estimate of drug-likeness (QED) is 0.753. The van der Waals surface area contributed by atoms with Gasteiger partial charge in [-0.2, -0.15) is 0 Å². The summed E-state index contributed by atoms with van der Waals surface area (Å²) >= 11 is 0. The van der Waals surface area contributed by atoms with E-state index >= 15 is 0 Å². The number of rotatable bonds is 5. The summed E-state index contributed by atoms with van der Waals surface area (Å²) in [6, 6.07) is 2.20. The molecule has 6 nitrogen and oxygen atoms in total. The van der Waals surface area contributed by atoms with Gasteiger partial charge >= 0.3 is 0 Å². The van der Waals surface area contributed by atoms with Crippen molar-refractivity contribution < 1.29 is 9.59 Å². The molecule has 0 bridgehead atoms. The number of aryl methyl sites for hydroxylation is 1. The van der Waals surface area contributed by atoms with Crippen LogP contribution in [0.2, 0.25) is 0 Å². The number of hydrogen-bond donors (Lipinski definition) is 3. The van der Waals surface area contributed by atoms with Crippen molar-refractivity contribution in [1.29, 1.82) is 0 Å². The number of nitrogens with zero attached hydrogens (tertiary/aromatic N) is 1. The van der Waals surface area contributed by atoms with Gasteiger partial charge in [-0.05, 0) is 44.2 Å². The van der Waals surface area contributed by atoms with Gasteiger partial charge < -0.3 is 16.4 Å². The molecule has 0 aliphatic heterocycles. The summed E-state index contributed by atoms with van der Waals surface area (Å²) in [5.41, 5.74) is 6.93. The Morgan fingerprint density at radius 2 is 1.82 bits per heavy atom. The van der Waals surface area contributed by atoms with E-state index in [2.05, 4.69) is 15.6 Å². The molecule has 4 N–H and O–H groups in total. The van der Waals surface area contributed by atoms with Crippen LogP contribution in [0.25, 0.3) is 0 Å². The summed E-state index contributed by atoms with van der Waals surface area (Å²) in [6.45, 7) is 2.29. The van der Waals surface area contributed by atoms with Crippen molar-refractivity contribution in [3.8, 4) is 0 Å². The van der Waals surface area contributed by atoms with Gasteiger partial charge in [-0.25, -0.2) is 0 Å². The molecule has 0 atom stereocenters. The summed E-state index contributed by atoms with van der Waals surface area (Å²) in [7, 11) is 0. The van der Waals surface area contributed by atoms with E-state index in [-0.39, 0.29) is 23.9 Å². The molecule has 1 saturated carbocycles. The second-order valence-electron chi connectivity index (χ2n) is 5.88. The lowest BCUT2D eigenvalue weighted by Gasteiger charge is -2.29. The maximum absolute atomic E-state index is 12.2. The van der Waals surface area contributed by atoms with Gasteiger partial charge in [-0.15, -0.1) is 0 Å². The minimum atomic E-state index is -0.0770. The van der Waals surface area contributed by atoms with Crippen LogP contribution in [0.15, 0.2) is 18.5 Å². The van der Waals surface area contributed by atoms with Gasteiger partial charge in [0.2, 0.25) is 5.91 Å². The molecule has 2 amide bonds. The average molecular weight is 304 g/mol. The normalized spacial score (nSPS) is 21.2. The summed E-state index contributed by atoms with van der Waals surface area (Å²) in [4.78, 5) is 27.7. The Balaban J connectivity index is 1.77. The van der Waals surface area contributed by atoms with Crippen molar-refractivity contribution in [1.82, 2.24) is 15.6 Å². The topological polar surface area (TPSA) is 97.1 Å². The first-order chi connectivity index (χ1) is 10.6. The highest BCUT2D eigenvalue weighted by Crippen LogP contribution is 2.19. The Bertz CT molecular complexity index is 525. The first-order valence-electron chi connectivity index (χ1n) is 7.80. The molecule has 1 aromatic heterocycles. The number of pyridine rings is 1. The predicted molar refractivity (Wildman–Crippen MR) is 84.3 cm³/mol. The molecular weight excluding hydrogens is 280 g/mol. The third-order valence-electron chi connectivity index (χ3n) is 3.94. The van der Waals surface area contributed by atoms with Crippen LogP contribution in [0.5, 0.6) is 0 Å². The molecule has 6 heteroatoms. The Kier molecular flexibility index (Phi) is 5.89. The van der Waals surface area contributed by atoms with Gasteiger partial charge in [-0.3, -0.25) is 14.6 Å². The van der Waals surface area contributed by atoms with Crippen molar-refractivity contribution in [2.45, 2.75) is 51.1 Å². The van der Waals surface area contributed by atoms with Crippen LogP contribution in [-0.4, -0.2) is 35.4 Å². The minimum Gasteiger partial charge on any atom is -0.353 e. The van der Waals surface area contributed by atoms with Gasteiger partial charge in [-0.1, -0.05) is 0 Å². The van der Waals surface area contributed by atoms with E-state index in [4.69, 9.17) is 5.73 Å². The van der Waals surface area contributed by atoms with Crippen LogP contribution in [-0.2, 0) is 4.79 Å². The zero-order chi connectivity index (χ0) is 15.9. The number of hydrogen-bond acceptors (Lipinski definition) is 4. The lowest BCUT2D eigenvalue weighted by atomic mass is 9.91. The Hall–Kier alpha value is -1.95. The summed E-state index contributed by atoms with van der Waals surface area (Å²) < 4.78 is 0. The third kappa shape index (κ3) is 4.80. The number of nitrogens with two attached hydrogens (primary N) is 1. The van der Waals surface area contributed by atoms with E-state index in [1.54, 1.807) is 12.4 Å². The minimum absolute atomic E-state index is 0.0146. The standard InChI is InChI=1S/C16H24N4O2/c1-11-8-12(10-18-9-11)16(22)20-14-4-2-13(3-5-14)19-15(21)6-7-17/h8-10,13-14H,2-7,17H2,1H3,(H,19,21)(H,20,22)/t13-,14-. The van der Waals surface area contributed by atoms with Crippen LogP contribution in [0.4, 0.5) is 0 Å². The highest BCUT2D eigenvalue weighted by atomic mass is 16.2. The van der Waals surface area contributed by atoms with E-state index in [9.17, 15) is 9.59 Å². The second-order valence-corrected chi connectivity index (χ2v) is 5.88. The van der Waals surface area contributed by atoms with Crippen LogP contribution < -0.4 is 16.4 Å². The average Bonchev–Trinajstić information content (AvgIpc) is 2.49. The molecule has 1 fully saturated rings. The van der Waals surface area contributed by atoms with E-state index in [1.165, 1.54) is 0 Å². The molecule has 1 heterocycles. The predicted octanol–water partition coefficient (Wildman–Crippen LogP) is 0.896. The van der Waals surface area contributed by atoms with Gasteiger partial charge in [0.05, 0.1) is 5.56 Å². The number of carbonyl (C=O) groups excluding carboxylic acids is 2. The SMILES string of the molecule is Cc1cncc(C(=O)N[C@H]2CC[C@H](NC(=O)CCN)CC2)c1. The van der Waals surface area contributed by atoms with Gasteiger partial charge in [0.25, 0.3) is 5.91 Å². The monoisotopic (exact) mass is 304 g/mol. The molecule has 0 unspecified atom stereocenters. The third-order valence-corrected chi connectivity index (χ3v) is 3.94. The molecule has 1 aliphatic rings. The largest absolute Gasteiger partial charge is 0.353 e. The smallest absolute Gasteiger partial charge is 0.253 e. The molecular formula is C16H24N4O2. The zero-order valence-corrected chi connectivity index (χ0v) is 13.0. The second kappa shape index (κ2) is 7.89. The zero-order valence-electron chi connectivity index (χ0n) is 13.0. The molecule has 1 aliphatic carbocycles. The molecule has 120 valence electrons. The van der Waals surface area contributed by atoms with E-state index in [0.717, 1.165) is 31.2 Å². The molecule has 0 aromatic carbocycles. The molecule has 0 saturated heterocycles. The van der Waals surface area contributed by atoms with Gasteiger partial charge in [0, 0.05) is 37.4 Å². The summed E-state index contributed by atoms with van der Waals surface area (Å²) in [5, 5.41) is 6.04. The van der Waals surface area contributed by atoms with Crippen molar-refractivity contribution in [3.63, 3.8) is 0 Å². The van der Waals surface area contributed by atoms with Crippen LogP contribution >= 0.6 is 0 Å². The molecule has 0 spiro atoms. The van der Waals surface area contributed by atoms with Crippen LogP contribution in [0, 0.1) is 6.92 Å². The Labute approximate surface area is 130 Å². The fourth-order valence-electron chi connectivity index (χ4n) is 2.76. The van der Waals surface area contributed by atoms with E-state index in [0.29, 0.717) is 18.5 Å². The van der Waals surface area contributed by atoms with Crippen molar-refractivity contribution in [3.05, 3.63) is 29.6 Å². The molecule has 1 aromatic rings. The first-order valence-corrected chi connectivity index (χ1v) is 7.80. The van der Waals surface area contributed by atoms with Crippen LogP contribution in [0.1, 0.15) is 48.0 Å². The highest BCUT2D eigenvalue weighted by Gasteiger charge is 2.23. The number of amides is 2. The number of carbonyl (C=O) groups is 2. The van der Waals surface area contributed by atoms with Crippen molar-refractivity contribution in [2.75, 3.05) is 6.54 Å². The fraction of sp³-hybridized carbons (Fsp3) is 0.562. The summed E-state index contributed by atoms with van der Waals surface area (Å²) in [6.07, 6.45) is 7.20. The van der Waals surface area contributed by atoms with E-state index < -0.39 is 0 Å².